The van der Waals surface area contributed by atoms with Crippen molar-refractivity contribution in [3.8, 4) is 0 Å². The van der Waals surface area contributed by atoms with Crippen molar-refractivity contribution in [1.82, 2.24) is 4.90 Å². The predicted molar refractivity (Wildman–Crippen MR) is 69.5 cm³/mol. The van der Waals surface area contributed by atoms with Crippen LogP contribution in [0, 0.1) is 11.3 Å². The highest BCUT2D eigenvalue weighted by atomic mass is 16.2. The lowest BCUT2D eigenvalue weighted by Crippen LogP contribution is -2.36. The zero-order valence-electron chi connectivity index (χ0n) is 11.2. The SMILES string of the molecule is CCC1(CC)CCN(C(=O)C2CCC(N)C2)C1. The molecule has 1 aliphatic carbocycles. The van der Waals surface area contributed by atoms with Crippen LogP contribution < -0.4 is 5.73 Å². The number of amides is 1. The molecule has 0 aromatic carbocycles. The molecular weight excluding hydrogens is 212 g/mol. The van der Waals surface area contributed by atoms with E-state index < -0.39 is 0 Å². The first kappa shape index (κ1) is 12.9. The van der Waals surface area contributed by atoms with Crippen LogP contribution in [0.5, 0.6) is 0 Å². The van der Waals surface area contributed by atoms with Gasteiger partial charge in [0.05, 0.1) is 0 Å². The quantitative estimate of drug-likeness (QED) is 0.819. The van der Waals surface area contributed by atoms with Gasteiger partial charge in [0.1, 0.15) is 0 Å². The molecule has 3 heteroatoms. The van der Waals surface area contributed by atoms with Gasteiger partial charge in [0.25, 0.3) is 0 Å². The minimum Gasteiger partial charge on any atom is -0.342 e. The van der Waals surface area contributed by atoms with Gasteiger partial charge in [0.15, 0.2) is 0 Å². The van der Waals surface area contributed by atoms with Gasteiger partial charge in [-0.2, -0.15) is 0 Å². The molecule has 0 bridgehead atoms. The van der Waals surface area contributed by atoms with Gasteiger partial charge < -0.3 is 10.6 Å². The van der Waals surface area contributed by atoms with Crippen molar-refractivity contribution in [3.05, 3.63) is 0 Å². The molecule has 98 valence electrons. The Labute approximate surface area is 105 Å². The Bertz CT molecular complexity index is 286. The van der Waals surface area contributed by atoms with Gasteiger partial charge in [-0.15, -0.1) is 0 Å². The molecule has 0 radical (unpaired) electrons. The van der Waals surface area contributed by atoms with Crippen LogP contribution in [0.25, 0.3) is 0 Å². The minimum atomic E-state index is 0.217. The van der Waals surface area contributed by atoms with Gasteiger partial charge >= 0.3 is 0 Å². The molecule has 1 heterocycles. The Morgan fingerprint density at radius 1 is 1.35 bits per heavy atom. The highest BCUT2D eigenvalue weighted by molar-refractivity contribution is 5.79. The summed E-state index contributed by atoms with van der Waals surface area (Å²) in [5, 5.41) is 0. The van der Waals surface area contributed by atoms with Gasteiger partial charge in [0, 0.05) is 25.0 Å². The number of hydrogen-bond donors (Lipinski definition) is 1. The van der Waals surface area contributed by atoms with E-state index in [0.717, 1.165) is 32.4 Å². The Morgan fingerprint density at radius 2 is 2.06 bits per heavy atom. The van der Waals surface area contributed by atoms with Crippen LogP contribution in [0.1, 0.15) is 52.4 Å². The summed E-state index contributed by atoms with van der Waals surface area (Å²) in [7, 11) is 0. The average Bonchev–Trinajstić information content (AvgIpc) is 2.95. The Kier molecular flexibility index (Phi) is 3.76. The van der Waals surface area contributed by atoms with E-state index in [0.29, 0.717) is 11.3 Å². The average molecular weight is 238 g/mol. The van der Waals surface area contributed by atoms with E-state index in [1.54, 1.807) is 0 Å². The third-order valence-electron chi connectivity index (χ3n) is 5.07. The second-order valence-corrected chi connectivity index (χ2v) is 5.99. The molecule has 0 spiro atoms. The highest BCUT2D eigenvalue weighted by Gasteiger charge is 2.40. The molecule has 2 atom stereocenters. The summed E-state index contributed by atoms with van der Waals surface area (Å²) >= 11 is 0. The lowest BCUT2D eigenvalue weighted by Gasteiger charge is -2.27. The van der Waals surface area contributed by atoms with Gasteiger partial charge in [-0.1, -0.05) is 13.8 Å². The zero-order chi connectivity index (χ0) is 12.5. The summed E-state index contributed by atoms with van der Waals surface area (Å²) in [5.41, 5.74) is 6.30. The van der Waals surface area contributed by atoms with Crippen LogP contribution in [0.15, 0.2) is 0 Å². The van der Waals surface area contributed by atoms with Gasteiger partial charge in [-0.05, 0) is 43.9 Å². The second kappa shape index (κ2) is 4.97. The van der Waals surface area contributed by atoms with E-state index in [9.17, 15) is 4.79 Å². The minimum absolute atomic E-state index is 0.217. The summed E-state index contributed by atoms with van der Waals surface area (Å²) in [6.07, 6.45) is 6.50. The number of likely N-dealkylation sites (tertiary alicyclic amines) is 1. The van der Waals surface area contributed by atoms with E-state index in [2.05, 4.69) is 18.7 Å². The Balaban J connectivity index is 1.94. The number of carbonyl (C=O) groups excluding carboxylic acids is 1. The maximum absolute atomic E-state index is 12.4. The van der Waals surface area contributed by atoms with Crippen molar-refractivity contribution in [1.29, 1.82) is 0 Å². The lowest BCUT2D eigenvalue weighted by atomic mass is 9.82. The molecule has 1 saturated carbocycles. The van der Waals surface area contributed by atoms with Crippen LogP contribution in [-0.2, 0) is 4.79 Å². The van der Waals surface area contributed by atoms with Crippen LogP contribution >= 0.6 is 0 Å². The van der Waals surface area contributed by atoms with Crippen molar-refractivity contribution in [2.45, 2.75) is 58.4 Å². The summed E-state index contributed by atoms with van der Waals surface area (Å²) in [5.74, 6) is 0.594. The summed E-state index contributed by atoms with van der Waals surface area (Å²) < 4.78 is 0. The molecule has 17 heavy (non-hydrogen) atoms. The van der Waals surface area contributed by atoms with Gasteiger partial charge in [0.2, 0.25) is 5.91 Å². The van der Waals surface area contributed by atoms with E-state index in [4.69, 9.17) is 5.73 Å². The first-order valence-corrected chi connectivity index (χ1v) is 7.14. The molecule has 0 aromatic heterocycles. The van der Waals surface area contributed by atoms with Crippen molar-refractivity contribution >= 4 is 5.91 Å². The molecule has 1 saturated heterocycles. The lowest BCUT2D eigenvalue weighted by molar-refractivity contribution is -0.134. The predicted octanol–water partition coefficient (Wildman–Crippen LogP) is 2.15. The van der Waals surface area contributed by atoms with Crippen LogP contribution in [0.3, 0.4) is 0 Å². The number of nitrogens with zero attached hydrogens (tertiary/aromatic N) is 1. The smallest absolute Gasteiger partial charge is 0.225 e. The highest BCUT2D eigenvalue weighted by Crippen LogP contribution is 2.38. The second-order valence-electron chi connectivity index (χ2n) is 5.99. The van der Waals surface area contributed by atoms with E-state index >= 15 is 0 Å². The third-order valence-corrected chi connectivity index (χ3v) is 5.07. The molecular formula is C14H26N2O. The van der Waals surface area contributed by atoms with Gasteiger partial charge in [-0.25, -0.2) is 0 Å². The monoisotopic (exact) mass is 238 g/mol. The fourth-order valence-corrected chi connectivity index (χ4v) is 3.45. The molecule has 2 unspecified atom stereocenters. The molecule has 2 fully saturated rings. The van der Waals surface area contributed by atoms with Crippen LogP contribution in [-0.4, -0.2) is 29.9 Å². The Morgan fingerprint density at radius 3 is 2.53 bits per heavy atom. The molecule has 2 N–H and O–H groups in total. The van der Waals surface area contributed by atoms with E-state index in [1.165, 1.54) is 19.3 Å². The van der Waals surface area contributed by atoms with Crippen molar-refractivity contribution in [3.63, 3.8) is 0 Å². The van der Waals surface area contributed by atoms with Crippen LogP contribution in [0.4, 0.5) is 0 Å². The largest absolute Gasteiger partial charge is 0.342 e. The van der Waals surface area contributed by atoms with E-state index in [1.807, 2.05) is 0 Å². The summed E-state index contributed by atoms with van der Waals surface area (Å²) in [6.45, 7) is 6.45. The van der Waals surface area contributed by atoms with Crippen molar-refractivity contribution < 1.29 is 4.79 Å². The molecule has 2 rings (SSSR count). The zero-order valence-corrected chi connectivity index (χ0v) is 11.2. The summed E-state index contributed by atoms with van der Waals surface area (Å²) in [4.78, 5) is 14.5. The summed E-state index contributed by atoms with van der Waals surface area (Å²) in [6, 6.07) is 0.258. The molecule has 2 aliphatic rings. The molecule has 1 aliphatic heterocycles. The normalized spacial score (nSPS) is 32.1. The topological polar surface area (TPSA) is 46.3 Å². The molecule has 3 nitrogen and oxygen atoms in total. The Hall–Kier alpha value is -0.570. The van der Waals surface area contributed by atoms with Crippen molar-refractivity contribution in [2.24, 2.45) is 17.1 Å². The van der Waals surface area contributed by atoms with Crippen molar-refractivity contribution in [2.75, 3.05) is 13.1 Å². The first-order valence-electron chi connectivity index (χ1n) is 7.14. The fourth-order valence-electron chi connectivity index (χ4n) is 3.45. The number of carbonyl (C=O) groups is 1. The third kappa shape index (κ3) is 2.49. The molecule has 0 aromatic rings. The van der Waals surface area contributed by atoms with Gasteiger partial charge in [-0.3, -0.25) is 4.79 Å². The number of nitrogens with two attached hydrogens (primary N) is 1. The standard InChI is InChI=1S/C14H26N2O/c1-3-14(4-2)7-8-16(10-14)13(17)11-5-6-12(15)9-11/h11-12H,3-10,15H2,1-2H3. The number of hydrogen-bond acceptors (Lipinski definition) is 2. The maximum Gasteiger partial charge on any atom is 0.225 e. The maximum atomic E-state index is 12.4. The van der Waals surface area contributed by atoms with E-state index in [-0.39, 0.29) is 12.0 Å². The fraction of sp³-hybridized carbons (Fsp3) is 0.929. The molecule has 1 amide bonds. The first-order chi connectivity index (χ1) is 8.10. The number of rotatable bonds is 3. The van der Waals surface area contributed by atoms with Crippen LogP contribution in [0.2, 0.25) is 0 Å².